The molecule has 67 valence electrons. The molecule has 0 saturated heterocycles. The van der Waals surface area contributed by atoms with Gasteiger partial charge in [-0.2, -0.15) is 0 Å². The Kier molecular flexibility index (Phi) is 1.76. The van der Waals surface area contributed by atoms with E-state index in [2.05, 4.69) is 18.1 Å². The van der Waals surface area contributed by atoms with Gasteiger partial charge in [0.2, 0.25) is 0 Å². The first-order valence-corrected chi connectivity index (χ1v) is 4.27. The number of nitrogens with one attached hydrogen (secondary N) is 1. The van der Waals surface area contributed by atoms with Crippen molar-refractivity contribution in [1.82, 2.24) is 4.98 Å². The van der Waals surface area contributed by atoms with Crippen LogP contribution in [-0.2, 0) is 0 Å². The molecule has 0 atom stereocenters. The summed E-state index contributed by atoms with van der Waals surface area (Å²) in [7, 11) is 1.69. The Balaban J connectivity index is 2.83. The zero-order valence-corrected chi connectivity index (χ0v) is 8.06. The normalized spacial score (nSPS) is 10.7. The summed E-state index contributed by atoms with van der Waals surface area (Å²) in [6, 6.07) is 3.99. The van der Waals surface area contributed by atoms with E-state index in [1.165, 1.54) is 10.9 Å². The van der Waals surface area contributed by atoms with Crippen LogP contribution in [0.5, 0.6) is 5.75 Å². The lowest BCUT2D eigenvalue weighted by Gasteiger charge is -2.05. The van der Waals surface area contributed by atoms with E-state index in [4.69, 9.17) is 4.74 Å². The molecular weight excluding hydrogens is 162 g/mol. The quantitative estimate of drug-likeness (QED) is 0.706. The number of fused-ring (bicyclic) bond motifs is 1. The van der Waals surface area contributed by atoms with E-state index in [-0.39, 0.29) is 0 Å². The minimum absolute atomic E-state index is 0.934. The average molecular weight is 174 g/mol. The summed E-state index contributed by atoms with van der Waals surface area (Å²) in [6.45, 7) is 4.11. The van der Waals surface area contributed by atoms with Gasteiger partial charge >= 0.3 is 0 Å². The van der Waals surface area contributed by atoms with E-state index in [9.17, 15) is 0 Å². The first-order valence-electron chi connectivity index (χ1n) is 4.27. The first kappa shape index (κ1) is 8.17. The largest absolute Gasteiger partial charge is 0.496 e. The molecule has 0 aliphatic carbocycles. The number of rotatable bonds is 1. The SMILES string of the molecule is COc1ccc2[nH][c]c(C)c2c1C. The van der Waals surface area contributed by atoms with Gasteiger partial charge in [0.15, 0.2) is 0 Å². The fourth-order valence-corrected chi connectivity index (χ4v) is 1.72. The van der Waals surface area contributed by atoms with E-state index in [0.29, 0.717) is 0 Å². The van der Waals surface area contributed by atoms with Gasteiger partial charge in [0.25, 0.3) is 0 Å². The van der Waals surface area contributed by atoms with Gasteiger partial charge in [0.05, 0.1) is 13.3 Å². The van der Waals surface area contributed by atoms with Crippen molar-refractivity contribution in [1.29, 1.82) is 0 Å². The Morgan fingerprint density at radius 3 is 2.77 bits per heavy atom. The van der Waals surface area contributed by atoms with Crippen molar-refractivity contribution in [3.8, 4) is 5.75 Å². The van der Waals surface area contributed by atoms with Gasteiger partial charge in [-0.05, 0) is 31.5 Å². The second-order valence-electron chi connectivity index (χ2n) is 3.19. The highest BCUT2D eigenvalue weighted by Crippen LogP contribution is 2.28. The van der Waals surface area contributed by atoms with E-state index >= 15 is 0 Å². The highest BCUT2D eigenvalue weighted by molar-refractivity contribution is 5.87. The van der Waals surface area contributed by atoms with Crippen LogP contribution in [0.25, 0.3) is 10.9 Å². The minimum Gasteiger partial charge on any atom is -0.496 e. The Labute approximate surface area is 77.5 Å². The third kappa shape index (κ3) is 1.10. The fraction of sp³-hybridized carbons (Fsp3) is 0.273. The molecule has 0 saturated carbocycles. The van der Waals surface area contributed by atoms with Crippen LogP contribution in [0, 0.1) is 20.0 Å². The molecule has 1 radical (unpaired) electrons. The Morgan fingerprint density at radius 1 is 1.31 bits per heavy atom. The van der Waals surface area contributed by atoms with Crippen LogP contribution in [0.4, 0.5) is 0 Å². The van der Waals surface area contributed by atoms with E-state index < -0.39 is 0 Å². The molecule has 2 nitrogen and oxygen atoms in total. The van der Waals surface area contributed by atoms with Crippen LogP contribution in [0.15, 0.2) is 12.1 Å². The average Bonchev–Trinajstić information content (AvgIpc) is 2.49. The molecular formula is C11H12NO. The second-order valence-corrected chi connectivity index (χ2v) is 3.19. The molecule has 1 N–H and O–H groups in total. The van der Waals surface area contributed by atoms with Crippen molar-refractivity contribution >= 4 is 10.9 Å². The van der Waals surface area contributed by atoms with Crippen molar-refractivity contribution in [2.45, 2.75) is 13.8 Å². The second kappa shape index (κ2) is 2.80. The predicted molar refractivity (Wildman–Crippen MR) is 53.2 cm³/mol. The summed E-state index contributed by atoms with van der Waals surface area (Å²) in [5.74, 6) is 0.934. The zero-order chi connectivity index (χ0) is 9.42. The van der Waals surface area contributed by atoms with Crippen LogP contribution < -0.4 is 4.74 Å². The third-order valence-electron chi connectivity index (χ3n) is 2.39. The van der Waals surface area contributed by atoms with Crippen molar-refractivity contribution in [3.63, 3.8) is 0 Å². The highest BCUT2D eigenvalue weighted by Gasteiger charge is 2.06. The molecule has 0 amide bonds. The predicted octanol–water partition coefficient (Wildman–Crippen LogP) is 2.59. The molecule has 1 aromatic carbocycles. The summed E-state index contributed by atoms with van der Waals surface area (Å²) in [5, 5.41) is 1.22. The molecule has 2 heteroatoms. The summed E-state index contributed by atoms with van der Waals surface area (Å²) in [4.78, 5) is 3.10. The summed E-state index contributed by atoms with van der Waals surface area (Å²) >= 11 is 0. The van der Waals surface area contributed by atoms with E-state index in [0.717, 1.165) is 16.8 Å². The van der Waals surface area contributed by atoms with Gasteiger partial charge in [-0.25, -0.2) is 0 Å². The van der Waals surface area contributed by atoms with Gasteiger partial charge in [0, 0.05) is 16.5 Å². The maximum absolute atomic E-state index is 5.25. The van der Waals surface area contributed by atoms with Crippen LogP contribution in [0.1, 0.15) is 11.1 Å². The Hall–Kier alpha value is -1.44. The lowest BCUT2D eigenvalue weighted by Crippen LogP contribution is -1.87. The van der Waals surface area contributed by atoms with Gasteiger partial charge in [-0.3, -0.25) is 0 Å². The number of H-pyrrole nitrogens is 1. The molecule has 13 heavy (non-hydrogen) atoms. The number of methoxy groups -OCH3 is 1. The summed E-state index contributed by atoms with van der Waals surface area (Å²) in [6.07, 6.45) is 3.09. The number of hydrogen-bond acceptors (Lipinski definition) is 1. The van der Waals surface area contributed by atoms with Crippen LogP contribution in [0.3, 0.4) is 0 Å². The number of aromatic amines is 1. The van der Waals surface area contributed by atoms with Gasteiger partial charge < -0.3 is 9.72 Å². The molecule has 0 aliphatic heterocycles. The maximum Gasteiger partial charge on any atom is 0.122 e. The number of benzene rings is 1. The number of hydrogen-bond donors (Lipinski definition) is 1. The van der Waals surface area contributed by atoms with Crippen molar-refractivity contribution in [2.24, 2.45) is 0 Å². The lowest BCUT2D eigenvalue weighted by atomic mass is 10.1. The topological polar surface area (TPSA) is 25.0 Å². The maximum atomic E-state index is 5.25. The van der Waals surface area contributed by atoms with Crippen molar-refractivity contribution < 1.29 is 4.74 Å². The van der Waals surface area contributed by atoms with E-state index in [1.807, 2.05) is 19.1 Å². The van der Waals surface area contributed by atoms with Crippen molar-refractivity contribution in [3.05, 3.63) is 29.5 Å². The molecule has 2 aromatic rings. The number of aromatic nitrogens is 1. The molecule has 0 fully saturated rings. The Morgan fingerprint density at radius 2 is 2.08 bits per heavy atom. The molecule has 0 spiro atoms. The number of ether oxygens (including phenoxy) is 1. The molecule has 1 aromatic heterocycles. The summed E-state index contributed by atoms with van der Waals surface area (Å²) < 4.78 is 5.25. The van der Waals surface area contributed by atoms with Crippen LogP contribution in [0.2, 0.25) is 0 Å². The van der Waals surface area contributed by atoms with Crippen LogP contribution in [-0.4, -0.2) is 12.1 Å². The highest BCUT2D eigenvalue weighted by atomic mass is 16.5. The van der Waals surface area contributed by atoms with Gasteiger partial charge in [-0.1, -0.05) is 0 Å². The lowest BCUT2D eigenvalue weighted by molar-refractivity contribution is 0.412. The molecule has 1 heterocycles. The van der Waals surface area contributed by atoms with Gasteiger partial charge in [0.1, 0.15) is 5.75 Å². The molecule has 2 rings (SSSR count). The Bertz CT molecular complexity index is 443. The summed E-state index contributed by atoms with van der Waals surface area (Å²) in [5.41, 5.74) is 3.44. The monoisotopic (exact) mass is 174 g/mol. The molecule has 0 unspecified atom stereocenters. The van der Waals surface area contributed by atoms with E-state index in [1.54, 1.807) is 7.11 Å². The number of aryl methyl sites for hydroxylation is 2. The third-order valence-corrected chi connectivity index (χ3v) is 2.39. The van der Waals surface area contributed by atoms with Crippen molar-refractivity contribution in [2.75, 3.05) is 7.11 Å². The minimum atomic E-state index is 0.934. The van der Waals surface area contributed by atoms with Crippen LogP contribution >= 0.6 is 0 Å². The zero-order valence-electron chi connectivity index (χ0n) is 8.06. The first-order chi connectivity index (χ1) is 6.24. The smallest absolute Gasteiger partial charge is 0.122 e. The molecule has 0 bridgehead atoms. The standard InChI is InChI=1S/C11H12NO/c1-7-6-12-9-4-5-10(13-3)8(2)11(7)9/h4-5,12H,1-3H3. The fourth-order valence-electron chi connectivity index (χ4n) is 1.72. The van der Waals surface area contributed by atoms with Gasteiger partial charge in [-0.15, -0.1) is 0 Å². The molecule has 0 aliphatic rings.